The highest BCUT2D eigenvalue weighted by Gasteiger charge is 2.22. The van der Waals surface area contributed by atoms with Crippen LogP contribution in [0.3, 0.4) is 0 Å². The van der Waals surface area contributed by atoms with E-state index < -0.39 is 0 Å². The lowest BCUT2D eigenvalue weighted by molar-refractivity contribution is -0.382. The molecule has 6 nitrogen and oxygen atoms in total. The minimum atomic E-state index is -0.334. The summed E-state index contributed by atoms with van der Waals surface area (Å²) < 4.78 is 0.852. The first-order valence-corrected chi connectivity index (χ1v) is 7.61. The number of fused-ring (bicyclic) bond motifs is 1. The molecule has 1 unspecified atom stereocenters. The van der Waals surface area contributed by atoms with E-state index in [-0.39, 0.29) is 16.7 Å². The van der Waals surface area contributed by atoms with Gasteiger partial charge in [0.15, 0.2) is 5.52 Å². The molecule has 0 aliphatic carbocycles. The Morgan fingerprint density at radius 3 is 3.15 bits per heavy atom. The van der Waals surface area contributed by atoms with Crippen LogP contribution >= 0.6 is 11.3 Å². The summed E-state index contributed by atoms with van der Waals surface area (Å²) in [5.74, 6) is 0. The number of benzene rings is 1. The van der Waals surface area contributed by atoms with Gasteiger partial charge in [0.2, 0.25) is 0 Å². The molecule has 106 valence electrons. The van der Waals surface area contributed by atoms with Crippen LogP contribution < -0.4 is 10.6 Å². The van der Waals surface area contributed by atoms with E-state index in [1.165, 1.54) is 11.3 Å². The van der Waals surface area contributed by atoms with Gasteiger partial charge in [-0.05, 0) is 44.5 Å². The number of hydrogen-bond donors (Lipinski definition) is 2. The molecule has 2 aromatic rings. The van der Waals surface area contributed by atoms with Gasteiger partial charge in [0.1, 0.15) is 5.69 Å². The Morgan fingerprint density at radius 2 is 2.30 bits per heavy atom. The van der Waals surface area contributed by atoms with Crippen molar-refractivity contribution in [3.63, 3.8) is 0 Å². The van der Waals surface area contributed by atoms with Crippen molar-refractivity contribution in [1.29, 1.82) is 0 Å². The normalized spacial score (nSPS) is 19.7. The van der Waals surface area contributed by atoms with Crippen molar-refractivity contribution in [2.24, 2.45) is 0 Å². The Bertz CT molecular complexity index is 620. The van der Waals surface area contributed by atoms with E-state index in [1.54, 1.807) is 11.6 Å². The highest BCUT2D eigenvalue weighted by Crippen LogP contribution is 2.35. The molecule has 0 spiro atoms. The van der Waals surface area contributed by atoms with Crippen LogP contribution in [0.2, 0.25) is 0 Å². The fourth-order valence-corrected chi connectivity index (χ4v) is 3.28. The van der Waals surface area contributed by atoms with Gasteiger partial charge in [0.25, 0.3) is 0 Å². The summed E-state index contributed by atoms with van der Waals surface area (Å²) in [6.07, 6.45) is 3.09. The summed E-state index contributed by atoms with van der Waals surface area (Å²) in [7, 11) is 0. The fraction of sp³-hybridized carbons (Fsp3) is 0.462. The van der Waals surface area contributed by atoms with Gasteiger partial charge in [0, 0.05) is 6.04 Å². The molecule has 2 N–H and O–H groups in total. The van der Waals surface area contributed by atoms with Crippen molar-refractivity contribution in [1.82, 2.24) is 10.3 Å². The second kappa shape index (κ2) is 5.72. The van der Waals surface area contributed by atoms with Crippen LogP contribution in [-0.2, 0) is 0 Å². The molecule has 7 heteroatoms. The van der Waals surface area contributed by atoms with Crippen LogP contribution in [0.5, 0.6) is 0 Å². The first-order valence-electron chi connectivity index (χ1n) is 6.73. The summed E-state index contributed by atoms with van der Waals surface area (Å²) >= 11 is 1.42. The van der Waals surface area contributed by atoms with Gasteiger partial charge in [0.05, 0.1) is 15.1 Å². The summed E-state index contributed by atoms with van der Waals surface area (Å²) in [6, 6.07) is 3.98. The second-order valence-electron chi connectivity index (χ2n) is 4.94. The fourth-order valence-electron chi connectivity index (χ4n) is 2.60. The van der Waals surface area contributed by atoms with Crippen LogP contribution in [0.1, 0.15) is 19.3 Å². The number of nitrogens with one attached hydrogen (secondary N) is 2. The Balaban J connectivity index is 1.93. The van der Waals surface area contributed by atoms with Crippen LogP contribution in [0.25, 0.3) is 10.2 Å². The number of thiazole rings is 1. The molecule has 0 radical (unpaired) electrons. The largest absolute Gasteiger partial charge is 0.377 e. The van der Waals surface area contributed by atoms with Crippen molar-refractivity contribution < 1.29 is 4.92 Å². The minimum Gasteiger partial charge on any atom is -0.377 e. The van der Waals surface area contributed by atoms with E-state index in [9.17, 15) is 10.1 Å². The van der Waals surface area contributed by atoms with Gasteiger partial charge in [-0.2, -0.15) is 0 Å². The molecule has 0 bridgehead atoms. The molecule has 0 amide bonds. The Labute approximate surface area is 120 Å². The lowest BCUT2D eigenvalue weighted by Gasteiger charge is -2.17. The molecule has 1 aromatic carbocycles. The Morgan fingerprint density at radius 1 is 1.40 bits per heavy atom. The maximum absolute atomic E-state index is 11.4. The Hall–Kier alpha value is -1.73. The van der Waals surface area contributed by atoms with Crippen LogP contribution in [0.4, 0.5) is 11.4 Å². The van der Waals surface area contributed by atoms with Gasteiger partial charge in [-0.15, -0.1) is 11.3 Å². The van der Waals surface area contributed by atoms with E-state index in [1.807, 2.05) is 6.07 Å². The average molecular weight is 292 g/mol. The number of nitro groups is 1. The van der Waals surface area contributed by atoms with Gasteiger partial charge < -0.3 is 10.6 Å². The van der Waals surface area contributed by atoms with Gasteiger partial charge in [-0.1, -0.05) is 0 Å². The number of aromatic nitrogens is 1. The molecule has 1 atom stereocenters. The first-order chi connectivity index (χ1) is 9.75. The van der Waals surface area contributed by atoms with Crippen LogP contribution in [-0.4, -0.2) is 29.0 Å². The van der Waals surface area contributed by atoms with E-state index in [2.05, 4.69) is 15.6 Å². The smallest absolute Gasteiger partial charge is 0.319 e. The molecule has 1 aliphatic rings. The molecule has 1 aliphatic heterocycles. The summed E-state index contributed by atoms with van der Waals surface area (Å²) in [4.78, 5) is 15.2. The number of hydrogen-bond acceptors (Lipinski definition) is 6. The molecule has 1 saturated heterocycles. The number of nitrogens with zero attached hydrogens (tertiary/aromatic N) is 2. The maximum Gasteiger partial charge on any atom is 0.319 e. The van der Waals surface area contributed by atoms with Crippen LogP contribution in [0, 0.1) is 10.1 Å². The number of nitro benzene ring substituents is 1. The average Bonchev–Trinajstić information content (AvgIpc) is 2.75. The van der Waals surface area contributed by atoms with Crippen molar-refractivity contribution in [2.75, 3.05) is 18.4 Å². The summed E-state index contributed by atoms with van der Waals surface area (Å²) in [5, 5.41) is 18.0. The topological polar surface area (TPSA) is 80.1 Å². The highest BCUT2D eigenvalue weighted by molar-refractivity contribution is 7.16. The quantitative estimate of drug-likeness (QED) is 0.671. The lowest BCUT2D eigenvalue weighted by atomic mass is 10.1. The first kappa shape index (κ1) is 13.3. The van der Waals surface area contributed by atoms with E-state index in [4.69, 9.17) is 0 Å². The predicted molar refractivity (Wildman–Crippen MR) is 80.4 cm³/mol. The monoisotopic (exact) mass is 292 g/mol. The molecule has 0 saturated carbocycles. The lowest BCUT2D eigenvalue weighted by Crippen LogP contribution is -2.22. The molecular weight excluding hydrogens is 276 g/mol. The third kappa shape index (κ3) is 2.59. The van der Waals surface area contributed by atoms with E-state index >= 15 is 0 Å². The van der Waals surface area contributed by atoms with E-state index in [0.29, 0.717) is 11.2 Å². The number of anilines is 1. The zero-order valence-corrected chi connectivity index (χ0v) is 11.8. The van der Waals surface area contributed by atoms with Gasteiger partial charge in [-0.3, -0.25) is 10.1 Å². The number of rotatable bonds is 3. The molecule has 1 aromatic heterocycles. The van der Waals surface area contributed by atoms with Crippen molar-refractivity contribution in [3.8, 4) is 0 Å². The SMILES string of the molecule is O=[N+]([O-])c1c(NC2CCCNCC2)ccc2scnc12. The molecule has 20 heavy (non-hydrogen) atoms. The summed E-state index contributed by atoms with van der Waals surface area (Å²) in [5.41, 5.74) is 2.81. The molecular formula is C13H16N4O2S. The third-order valence-corrected chi connectivity index (χ3v) is 4.39. The zero-order valence-electron chi connectivity index (χ0n) is 11.0. The Kier molecular flexibility index (Phi) is 3.79. The van der Waals surface area contributed by atoms with Crippen molar-refractivity contribution >= 4 is 32.9 Å². The van der Waals surface area contributed by atoms with Crippen LogP contribution in [0.15, 0.2) is 17.6 Å². The van der Waals surface area contributed by atoms with Gasteiger partial charge >= 0.3 is 5.69 Å². The maximum atomic E-state index is 11.4. The predicted octanol–water partition coefficient (Wildman–Crippen LogP) is 2.76. The van der Waals surface area contributed by atoms with Gasteiger partial charge in [-0.25, -0.2) is 4.98 Å². The second-order valence-corrected chi connectivity index (χ2v) is 5.83. The minimum absolute atomic E-state index is 0.0981. The molecule has 1 fully saturated rings. The molecule has 2 heterocycles. The highest BCUT2D eigenvalue weighted by atomic mass is 32.1. The molecule has 3 rings (SSSR count). The zero-order chi connectivity index (χ0) is 13.9. The standard InChI is InChI=1S/C13H16N4O2S/c18-17(19)13-10(3-4-11-12(13)15-8-20-11)16-9-2-1-6-14-7-5-9/h3-4,8-9,14,16H,1-2,5-7H2. The van der Waals surface area contributed by atoms with Crippen molar-refractivity contribution in [3.05, 3.63) is 27.8 Å². The third-order valence-electron chi connectivity index (χ3n) is 3.59. The van der Waals surface area contributed by atoms with E-state index in [0.717, 1.165) is 37.1 Å². The van der Waals surface area contributed by atoms with Crippen molar-refractivity contribution in [2.45, 2.75) is 25.3 Å². The summed E-state index contributed by atoms with van der Waals surface area (Å²) in [6.45, 7) is 1.97.